The summed E-state index contributed by atoms with van der Waals surface area (Å²) < 4.78 is 0. The van der Waals surface area contributed by atoms with Gasteiger partial charge in [-0.25, -0.2) is 0 Å². The molecule has 0 saturated carbocycles. The number of rotatable bonds is 8. The Labute approximate surface area is 495 Å². The molecule has 0 spiro atoms. The number of nitrogens with zero attached hydrogens (tertiary/aromatic N) is 2. The first-order chi connectivity index (χ1) is 39.4. The quantitative estimate of drug-likeness (QED) is 0.150. The maximum atomic E-state index is 2.66. The van der Waals surface area contributed by atoms with E-state index in [0.717, 1.165) is 34.9 Å². The molecule has 3 aliphatic rings. The Morgan fingerprint density at radius 1 is 0.313 bits per heavy atom. The van der Waals surface area contributed by atoms with Gasteiger partial charge in [-0.05, 0) is 201 Å². The molecular weight excluding hydrogens is 1000 g/mol. The number of hydrogen-bond acceptors (Lipinski definition) is 2. The van der Waals surface area contributed by atoms with Gasteiger partial charge in [-0.2, -0.15) is 0 Å². The second kappa shape index (κ2) is 19.2. The molecule has 0 saturated heterocycles. The maximum Gasteiger partial charge on any atom is 0.0715 e. The third-order valence-electron chi connectivity index (χ3n) is 18.8. The van der Waals surface area contributed by atoms with Crippen LogP contribution in [0.2, 0.25) is 0 Å². The molecule has 0 radical (unpaired) electrons. The summed E-state index contributed by atoms with van der Waals surface area (Å²) >= 11 is 0. The molecule has 0 aromatic heterocycles. The Morgan fingerprint density at radius 3 is 1.31 bits per heavy atom. The first-order valence-corrected chi connectivity index (χ1v) is 30.2. The summed E-state index contributed by atoms with van der Waals surface area (Å²) in [6.45, 7) is 32.8. The average Bonchev–Trinajstić information content (AvgIpc) is 2.22. The summed E-state index contributed by atoms with van der Waals surface area (Å²) in [5, 5.41) is 0. The highest BCUT2D eigenvalue weighted by Crippen LogP contribution is 2.66. The van der Waals surface area contributed by atoms with Crippen LogP contribution in [0.15, 0.2) is 218 Å². The van der Waals surface area contributed by atoms with Gasteiger partial charge in [0.25, 0.3) is 0 Å². The van der Waals surface area contributed by atoms with E-state index in [2.05, 4.69) is 325 Å². The van der Waals surface area contributed by atoms with E-state index in [1.165, 1.54) is 106 Å². The molecule has 0 amide bonds. The van der Waals surface area contributed by atoms with Gasteiger partial charge in [-0.1, -0.05) is 243 Å². The molecule has 10 aromatic rings. The van der Waals surface area contributed by atoms with E-state index >= 15 is 0 Å². The summed E-state index contributed by atoms with van der Waals surface area (Å²) in [5.74, 6) is 0. The van der Waals surface area contributed by atoms with Crippen molar-refractivity contribution in [1.82, 2.24) is 0 Å². The minimum atomic E-state index is -0.807. The molecule has 0 bridgehead atoms. The van der Waals surface area contributed by atoms with Crippen LogP contribution in [0.25, 0.3) is 33.4 Å². The fourth-order valence-corrected chi connectivity index (χ4v) is 14.2. The lowest BCUT2D eigenvalue weighted by Crippen LogP contribution is -2.30. The van der Waals surface area contributed by atoms with Crippen LogP contribution in [0.1, 0.15) is 164 Å². The summed E-state index contributed by atoms with van der Waals surface area (Å²) in [5.41, 5.74) is 29.4. The Hall–Kier alpha value is -8.20. The van der Waals surface area contributed by atoms with Crippen LogP contribution in [-0.2, 0) is 38.9 Å². The highest BCUT2D eigenvalue weighted by Gasteiger charge is 2.52. The lowest BCUT2D eigenvalue weighted by atomic mass is 9.66. The van der Waals surface area contributed by atoms with Crippen LogP contribution >= 0.6 is 0 Å². The van der Waals surface area contributed by atoms with Gasteiger partial charge in [0, 0.05) is 33.9 Å². The molecule has 0 heterocycles. The first kappa shape index (κ1) is 54.1. The zero-order valence-electron chi connectivity index (χ0n) is 51.4. The van der Waals surface area contributed by atoms with Crippen molar-refractivity contribution in [1.29, 1.82) is 0 Å². The van der Waals surface area contributed by atoms with Crippen molar-refractivity contribution in [2.75, 3.05) is 9.80 Å². The zero-order valence-corrected chi connectivity index (χ0v) is 51.4. The van der Waals surface area contributed by atoms with Gasteiger partial charge in [0.1, 0.15) is 0 Å². The minimum absolute atomic E-state index is 0.00137. The van der Waals surface area contributed by atoms with Gasteiger partial charge >= 0.3 is 0 Å². The maximum absolute atomic E-state index is 2.66. The van der Waals surface area contributed by atoms with Crippen LogP contribution in [0, 0.1) is 0 Å². The Kier molecular flexibility index (Phi) is 12.5. The van der Waals surface area contributed by atoms with E-state index in [0.29, 0.717) is 0 Å². The number of benzene rings is 10. The molecule has 13 rings (SSSR count). The van der Waals surface area contributed by atoms with Crippen molar-refractivity contribution in [3.63, 3.8) is 0 Å². The molecular formula is C81H80N2. The van der Waals surface area contributed by atoms with Gasteiger partial charge in [0.2, 0.25) is 0 Å². The molecule has 2 heteroatoms. The SMILES string of the molecule is CC(C)(C)c1ccc(N(c2ccccc2)c2ccc3c(c2)C(c2ccc(C(C)(C)C)cc2)(c2ccc4c(c2)-c2cc(C(C)(C)C)ccc2C4)c2cc(N(c4ccccc4)c4ccc(C(C)(C)C)cc4)c4c(c2-3)-c2ccccc2C4(C)C)cc1. The summed E-state index contributed by atoms with van der Waals surface area (Å²) in [7, 11) is 0. The standard InChI is InChI=1S/C81H80N2/c1-76(2,3)54-33-35-57(36-34-54)81(59-32-30-53-47-52-29-31-58(79(10,11)12)48-67(52)68(53)49-59)70-50-64(82(60-23-17-15-18-24-60)62-41-37-55(38-42-62)77(4,5)6)45-46-66(70)73-71(81)51-72(75-74(73)65-27-21-22-28-69(65)80(75,13)14)83(61-25-19-16-20-26-61)63-43-39-56(40-44-63)78(7,8)9/h15-46,48-51H,47H2,1-14H3. The lowest BCUT2D eigenvalue weighted by molar-refractivity contribution is 0.589. The van der Waals surface area contributed by atoms with Crippen LogP contribution in [-0.4, -0.2) is 0 Å². The number of anilines is 6. The number of hydrogen-bond donors (Lipinski definition) is 0. The van der Waals surface area contributed by atoms with Crippen molar-refractivity contribution >= 4 is 34.1 Å². The monoisotopic (exact) mass is 1080 g/mol. The molecule has 2 nitrogen and oxygen atoms in total. The van der Waals surface area contributed by atoms with E-state index < -0.39 is 5.41 Å². The second-order valence-corrected chi connectivity index (χ2v) is 28.7. The minimum Gasteiger partial charge on any atom is -0.310 e. The van der Waals surface area contributed by atoms with Crippen molar-refractivity contribution in [2.24, 2.45) is 0 Å². The Morgan fingerprint density at radius 2 is 0.747 bits per heavy atom. The van der Waals surface area contributed by atoms with Crippen molar-refractivity contribution < 1.29 is 0 Å². The third-order valence-corrected chi connectivity index (χ3v) is 18.8. The zero-order chi connectivity index (χ0) is 58.2. The first-order valence-electron chi connectivity index (χ1n) is 30.2. The van der Waals surface area contributed by atoms with Gasteiger partial charge < -0.3 is 9.80 Å². The second-order valence-electron chi connectivity index (χ2n) is 28.7. The van der Waals surface area contributed by atoms with Gasteiger partial charge in [-0.3, -0.25) is 0 Å². The molecule has 10 aromatic carbocycles. The molecule has 0 N–H and O–H groups in total. The van der Waals surface area contributed by atoms with Crippen molar-refractivity contribution in [3.8, 4) is 33.4 Å². The van der Waals surface area contributed by atoms with E-state index in [1.807, 2.05) is 0 Å². The van der Waals surface area contributed by atoms with E-state index in [4.69, 9.17) is 0 Å². The molecule has 3 aliphatic carbocycles. The van der Waals surface area contributed by atoms with Crippen molar-refractivity contribution in [3.05, 3.63) is 285 Å². The molecule has 414 valence electrons. The summed E-state index contributed by atoms with van der Waals surface area (Å²) in [6.07, 6.45) is 0.920. The van der Waals surface area contributed by atoms with E-state index in [9.17, 15) is 0 Å². The third kappa shape index (κ3) is 8.81. The van der Waals surface area contributed by atoms with E-state index in [-0.39, 0.29) is 27.1 Å². The van der Waals surface area contributed by atoms with Gasteiger partial charge in [-0.15, -0.1) is 0 Å². The average molecular weight is 1080 g/mol. The topological polar surface area (TPSA) is 6.48 Å². The summed E-state index contributed by atoms with van der Waals surface area (Å²) in [6, 6.07) is 84.9. The van der Waals surface area contributed by atoms with Gasteiger partial charge in [0.15, 0.2) is 0 Å². The highest BCUT2D eigenvalue weighted by molar-refractivity contribution is 6.05. The van der Waals surface area contributed by atoms with Crippen LogP contribution < -0.4 is 9.80 Å². The molecule has 0 fully saturated rings. The highest BCUT2D eigenvalue weighted by atomic mass is 15.2. The fourth-order valence-electron chi connectivity index (χ4n) is 14.2. The lowest BCUT2D eigenvalue weighted by Gasteiger charge is -2.38. The number of para-hydroxylation sites is 2. The van der Waals surface area contributed by atoms with Crippen LogP contribution in [0.3, 0.4) is 0 Å². The smallest absolute Gasteiger partial charge is 0.0715 e. The van der Waals surface area contributed by atoms with Crippen LogP contribution in [0.4, 0.5) is 34.1 Å². The van der Waals surface area contributed by atoms with Gasteiger partial charge in [0.05, 0.1) is 11.1 Å². The molecule has 0 aliphatic heterocycles. The normalized spacial score (nSPS) is 15.7. The van der Waals surface area contributed by atoms with Crippen molar-refractivity contribution in [2.45, 2.75) is 136 Å². The molecule has 1 atom stereocenters. The molecule has 83 heavy (non-hydrogen) atoms. The van der Waals surface area contributed by atoms with E-state index in [1.54, 1.807) is 0 Å². The molecule has 1 unspecified atom stereocenters. The predicted octanol–water partition coefficient (Wildman–Crippen LogP) is 22.1. The number of fused-ring (bicyclic) bond motifs is 10. The summed E-state index contributed by atoms with van der Waals surface area (Å²) in [4.78, 5) is 5.05. The fraction of sp³-hybridized carbons (Fsp3) is 0.259. The predicted molar refractivity (Wildman–Crippen MR) is 354 cm³/mol. The Balaban J connectivity index is 1.20. The van der Waals surface area contributed by atoms with Crippen LogP contribution in [0.5, 0.6) is 0 Å². The largest absolute Gasteiger partial charge is 0.310 e. The Bertz CT molecular complexity index is 4130.